The van der Waals surface area contributed by atoms with Gasteiger partial charge in [-0.25, -0.2) is 4.57 Å². The lowest BCUT2D eigenvalue weighted by Gasteiger charge is -2.50. The molecule has 3 aliphatic heterocycles. The highest BCUT2D eigenvalue weighted by Crippen LogP contribution is 2.42. The number of pyridine rings is 1. The van der Waals surface area contributed by atoms with Gasteiger partial charge in [-0.05, 0) is 43.4 Å². The lowest BCUT2D eigenvalue weighted by molar-refractivity contribution is -0.645. The van der Waals surface area contributed by atoms with Crippen molar-refractivity contribution in [2.75, 3.05) is 20.2 Å². The molecular formula is C21H27N2O2+. The normalized spacial score (nSPS) is 29.6. The van der Waals surface area contributed by atoms with Crippen molar-refractivity contribution in [1.29, 1.82) is 0 Å². The van der Waals surface area contributed by atoms with E-state index in [9.17, 15) is 5.11 Å². The Kier molecular flexibility index (Phi) is 4.26. The van der Waals surface area contributed by atoms with Gasteiger partial charge < -0.3 is 9.84 Å². The number of ether oxygens (including phenoxy) is 1. The average molecular weight is 339 g/mol. The van der Waals surface area contributed by atoms with Crippen LogP contribution in [0.2, 0.25) is 0 Å². The van der Waals surface area contributed by atoms with E-state index in [0.717, 1.165) is 41.7 Å². The number of aliphatic hydroxyl groups excluding tert-OH is 1. The SMILES string of the molecule is C=C[C@H]1CN2CC[C@H]1C[C@@H]2[C@@H](O)c1cc[n+](C)c2ccc(OC)cc12. The van der Waals surface area contributed by atoms with Crippen LogP contribution in [0.3, 0.4) is 0 Å². The summed E-state index contributed by atoms with van der Waals surface area (Å²) in [6.45, 7) is 6.10. The van der Waals surface area contributed by atoms with E-state index in [2.05, 4.69) is 34.3 Å². The Labute approximate surface area is 149 Å². The van der Waals surface area contributed by atoms with Gasteiger partial charge in [-0.1, -0.05) is 6.08 Å². The van der Waals surface area contributed by atoms with E-state index >= 15 is 0 Å². The number of aromatic nitrogens is 1. The molecular weight excluding hydrogens is 312 g/mol. The Morgan fingerprint density at radius 2 is 2.24 bits per heavy atom. The van der Waals surface area contributed by atoms with Crippen LogP contribution in [-0.4, -0.2) is 36.2 Å². The Bertz CT molecular complexity index is 804. The molecule has 0 saturated carbocycles. The number of piperidine rings is 3. The maximum atomic E-state index is 11.3. The van der Waals surface area contributed by atoms with Gasteiger partial charge in [0, 0.05) is 30.3 Å². The van der Waals surface area contributed by atoms with Crippen LogP contribution >= 0.6 is 0 Å². The lowest BCUT2D eigenvalue weighted by atomic mass is 9.73. The number of methoxy groups -OCH3 is 1. The highest BCUT2D eigenvalue weighted by Gasteiger charge is 2.42. The van der Waals surface area contributed by atoms with Crippen LogP contribution in [0.1, 0.15) is 24.5 Å². The van der Waals surface area contributed by atoms with Crippen molar-refractivity contribution in [3.63, 3.8) is 0 Å². The highest BCUT2D eigenvalue weighted by molar-refractivity contribution is 5.81. The summed E-state index contributed by atoms with van der Waals surface area (Å²) in [7, 11) is 3.72. The Morgan fingerprint density at radius 1 is 1.40 bits per heavy atom. The monoisotopic (exact) mass is 339 g/mol. The first-order valence-corrected chi connectivity index (χ1v) is 9.13. The third-order valence-corrected chi connectivity index (χ3v) is 6.21. The van der Waals surface area contributed by atoms with E-state index in [-0.39, 0.29) is 6.04 Å². The summed E-state index contributed by atoms with van der Waals surface area (Å²) in [5.74, 6) is 2.05. The van der Waals surface area contributed by atoms with E-state index in [0.29, 0.717) is 11.8 Å². The maximum Gasteiger partial charge on any atom is 0.212 e. The van der Waals surface area contributed by atoms with Crippen molar-refractivity contribution < 1.29 is 14.4 Å². The molecule has 4 nitrogen and oxygen atoms in total. The van der Waals surface area contributed by atoms with Crippen LogP contribution in [0.25, 0.3) is 10.9 Å². The molecule has 5 atom stereocenters. The first kappa shape index (κ1) is 16.6. The fourth-order valence-corrected chi connectivity index (χ4v) is 4.71. The van der Waals surface area contributed by atoms with Gasteiger partial charge in [0.1, 0.15) is 12.8 Å². The number of hydrogen-bond acceptors (Lipinski definition) is 3. The van der Waals surface area contributed by atoms with Crippen molar-refractivity contribution in [3.05, 3.63) is 48.7 Å². The van der Waals surface area contributed by atoms with Crippen molar-refractivity contribution in [2.45, 2.75) is 25.0 Å². The second-order valence-electron chi connectivity index (χ2n) is 7.46. The second-order valence-corrected chi connectivity index (χ2v) is 7.46. The molecule has 25 heavy (non-hydrogen) atoms. The molecule has 0 radical (unpaired) electrons. The van der Waals surface area contributed by atoms with Crippen LogP contribution in [-0.2, 0) is 7.05 Å². The van der Waals surface area contributed by atoms with Crippen LogP contribution in [0, 0.1) is 11.8 Å². The average Bonchev–Trinajstić information content (AvgIpc) is 2.67. The van der Waals surface area contributed by atoms with Gasteiger partial charge in [0.2, 0.25) is 5.52 Å². The molecule has 0 aliphatic carbocycles. The van der Waals surface area contributed by atoms with E-state index in [1.165, 1.54) is 6.42 Å². The molecule has 2 aromatic rings. The number of aliphatic hydroxyl groups is 1. The Hall–Kier alpha value is -1.91. The molecule has 3 saturated heterocycles. The molecule has 4 heterocycles. The summed E-state index contributed by atoms with van der Waals surface area (Å²) >= 11 is 0. The third kappa shape index (κ3) is 2.74. The first-order valence-electron chi connectivity index (χ1n) is 9.13. The standard InChI is InChI=1S/C21H27N2O2/c1-4-14-13-23-10-7-15(14)11-20(23)21(24)17-8-9-22(2)19-6-5-16(25-3)12-18(17)19/h4-6,8-9,12,14-15,20-21,24H,1,7,10-11,13H2,2-3H3/q+1/t14-,15-,20+,21-/m0/s1. The van der Waals surface area contributed by atoms with Gasteiger partial charge in [-0.3, -0.25) is 4.90 Å². The predicted octanol–water partition coefficient (Wildman–Crippen LogP) is 2.60. The molecule has 1 aromatic carbocycles. The maximum absolute atomic E-state index is 11.3. The zero-order valence-corrected chi connectivity index (χ0v) is 15.1. The summed E-state index contributed by atoms with van der Waals surface area (Å²) < 4.78 is 7.50. The molecule has 5 rings (SSSR count). The fraction of sp³-hybridized carbons (Fsp3) is 0.476. The zero-order valence-electron chi connectivity index (χ0n) is 15.1. The fourth-order valence-electron chi connectivity index (χ4n) is 4.71. The number of nitrogens with zero attached hydrogens (tertiary/aromatic N) is 2. The molecule has 3 fully saturated rings. The molecule has 0 amide bonds. The molecule has 4 heteroatoms. The molecule has 132 valence electrons. The molecule has 0 spiro atoms. The van der Waals surface area contributed by atoms with Gasteiger partial charge in [-0.2, -0.15) is 0 Å². The molecule has 1 N–H and O–H groups in total. The lowest BCUT2D eigenvalue weighted by Crippen LogP contribution is -2.54. The minimum absolute atomic E-state index is 0.192. The van der Waals surface area contributed by atoms with Crippen LogP contribution in [0.5, 0.6) is 5.75 Å². The summed E-state index contributed by atoms with van der Waals surface area (Å²) in [6, 6.07) is 8.32. The summed E-state index contributed by atoms with van der Waals surface area (Å²) in [6.07, 6.45) is 5.92. The van der Waals surface area contributed by atoms with Crippen molar-refractivity contribution in [2.24, 2.45) is 18.9 Å². The summed E-state index contributed by atoms with van der Waals surface area (Å²) in [4.78, 5) is 2.45. The third-order valence-electron chi connectivity index (χ3n) is 6.21. The second kappa shape index (κ2) is 6.43. The number of aryl methyl sites for hydroxylation is 1. The van der Waals surface area contributed by atoms with Gasteiger partial charge in [0.25, 0.3) is 0 Å². The Balaban J connectivity index is 1.72. The molecule has 1 unspecified atom stereocenters. The quantitative estimate of drug-likeness (QED) is 0.687. The van der Waals surface area contributed by atoms with Gasteiger partial charge >= 0.3 is 0 Å². The van der Waals surface area contributed by atoms with Crippen LogP contribution < -0.4 is 9.30 Å². The van der Waals surface area contributed by atoms with E-state index in [4.69, 9.17) is 4.74 Å². The van der Waals surface area contributed by atoms with Crippen molar-refractivity contribution in [3.8, 4) is 5.75 Å². The van der Waals surface area contributed by atoms with Crippen LogP contribution in [0.15, 0.2) is 43.1 Å². The smallest absolute Gasteiger partial charge is 0.212 e. The number of benzene rings is 1. The van der Waals surface area contributed by atoms with Gasteiger partial charge in [-0.15, -0.1) is 6.58 Å². The first-order chi connectivity index (χ1) is 12.1. The van der Waals surface area contributed by atoms with E-state index in [1.807, 2.05) is 25.4 Å². The summed E-state index contributed by atoms with van der Waals surface area (Å²) in [5.41, 5.74) is 2.11. The van der Waals surface area contributed by atoms with Crippen LogP contribution in [0.4, 0.5) is 0 Å². The zero-order chi connectivity index (χ0) is 17.6. The minimum atomic E-state index is -0.482. The predicted molar refractivity (Wildman–Crippen MR) is 98.4 cm³/mol. The molecule has 3 aliphatic rings. The largest absolute Gasteiger partial charge is 0.497 e. The van der Waals surface area contributed by atoms with E-state index in [1.54, 1.807) is 7.11 Å². The number of rotatable bonds is 4. The number of hydrogen-bond donors (Lipinski definition) is 1. The summed E-state index contributed by atoms with van der Waals surface area (Å²) in [5, 5.41) is 12.3. The van der Waals surface area contributed by atoms with Gasteiger partial charge in [0.05, 0.1) is 18.6 Å². The molecule has 1 aromatic heterocycles. The molecule has 2 bridgehead atoms. The van der Waals surface area contributed by atoms with E-state index < -0.39 is 6.10 Å². The Morgan fingerprint density at radius 3 is 2.92 bits per heavy atom. The topological polar surface area (TPSA) is 36.6 Å². The minimum Gasteiger partial charge on any atom is -0.497 e. The van der Waals surface area contributed by atoms with Crippen molar-refractivity contribution in [1.82, 2.24) is 4.90 Å². The van der Waals surface area contributed by atoms with Crippen molar-refractivity contribution >= 4 is 10.9 Å². The number of fused-ring (bicyclic) bond motifs is 4. The van der Waals surface area contributed by atoms with Gasteiger partial charge in [0.15, 0.2) is 6.20 Å². The highest BCUT2D eigenvalue weighted by atomic mass is 16.5.